The molecular weight excluding hydrogens is 163 g/mol. The average molecular weight is 174 g/mol. The van der Waals surface area contributed by atoms with Crippen LogP contribution in [0.1, 0.15) is 11.1 Å². The van der Waals surface area contributed by atoms with Crippen molar-refractivity contribution in [2.24, 2.45) is 0 Å². The molecule has 0 unspecified atom stereocenters. The van der Waals surface area contributed by atoms with Crippen molar-refractivity contribution in [1.29, 1.82) is 0 Å². The van der Waals surface area contributed by atoms with Crippen LogP contribution in [0.4, 0.5) is 0 Å². The van der Waals surface area contributed by atoms with Gasteiger partial charge in [0.1, 0.15) is 0 Å². The lowest BCUT2D eigenvalue weighted by Gasteiger charge is -2.03. The summed E-state index contributed by atoms with van der Waals surface area (Å²) in [4.78, 5) is 0. The molecular formula is C11H11P. The van der Waals surface area contributed by atoms with Crippen LogP contribution in [-0.2, 0) is 0 Å². The van der Waals surface area contributed by atoms with Gasteiger partial charge in [-0.15, -0.1) is 0 Å². The van der Waals surface area contributed by atoms with E-state index in [-0.39, 0.29) is 0 Å². The number of fused-ring (bicyclic) bond motifs is 1. The minimum atomic E-state index is 1.31. The number of benzene rings is 1. The molecule has 2 aromatic rings. The first-order valence-corrected chi connectivity index (χ1v) is 5.12. The van der Waals surface area contributed by atoms with E-state index in [1.54, 1.807) is 0 Å². The molecule has 60 valence electrons. The van der Waals surface area contributed by atoms with Gasteiger partial charge in [-0.25, -0.2) is 0 Å². The number of hydrogen-bond donors (Lipinski definition) is 0. The van der Waals surface area contributed by atoms with Gasteiger partial charge in [0.25, 0.3) is 0 Å². The molecule has 0 bridgehead atoms. The highest BCUT2D eigenvalue weighted by molar-refractivity contribution is 7.28. The molecule has 0 aliphatic heterocycles. The molecule has 2 rings (SSSR count). The lowest BCUT2D eigenvalue weighted by atomic mass is 10.0. The van der Waals surface area contributed by atoms with Crippen molar-refractivity contribution in [1.82, 2.24) is 0 Å². The lowest BCUT2D eigenvalue weighted by Crippen LogP contribution is -1.79. The third-order valence-electron chi connectivity index (χ3n) is 2.25. The van der Waals surface area contributed by atoms with Gasteiger partial charge in [-0.2, -0.15) is 0 Å². The van der Waals surface area contributed by atoms with Gasteiger partial charge in [-0.1, -0.05) is 20.3 Å². The molecule has 0 radical (unpaired) electrons. The zero-order valence-corrected chi connectivity index (χ0v) is 8.23. The zero-order valence-electron chi connectivity index (χ0n) is 7.33. The summed E-state index contributed by atoms with van der Waals surface area (Å²) in [6.07, 6.45) is 0. The van der Waals surface area contributed by atoms with Crippen molar-refractivity contribution in [3.05, 3.63) is 40.9 Å². The molecule has 0 aliphatic rings. The van der Waals surface area contributed by atoms with Gasteiger partial charge in [-0.3, -0.25) is 0 Å². The summed E-state index contributed by atoms with van der Waals surface area (Å²) < 4.78 is 0. The summed E-state index contributed by atoms with van der Waals surface area (Å²) in [5.41, 5.74) is 2.76. The van der Waals surface area contributed by atoms with Crippen LogP contribution in [-0.4, -0.2) is 0 Å². The maximum absolute atomic E-state index is 2.28. The van der Waals surface area contributed by atoms with Gasteiger partial charge in [0.2, 0.25) is 0 Å². The first kappa shape index (κ1) is 7.76. The lowest BCUT2D eigenvalue weighted by molar-refractivity contribution is 1.47. The Balaban J connectivity index is 2.95. The van der Waals surface area contributed by atoms with Crippen molar-refractivity contribution in [3.63, 3.8) is 0 Å². The minimum absolute atomic E-state index is 1.31. The second-order valence-corrected chi connectivity index (χ2v) is 3.98. The highest BCUT2D eigenvalue weighted by atomic mass is 31.0. The number of aryl methyl sites for hydroxylation is 2. The molecule has 0 aliphatic carbocycles. The summed E-state index contributed by atoms with van der Waals surface area (Å²) in [5, 5.41) is 2.81. The van der Waals surface area contributed by atoms with Crippen molar-refractivity contribution < 1.29 is 0 Å². The minimum Gasteiger partial charge on any atom is -0.0758 e. The number of rotatable bonds is 0. The van der Waals surface area contributed by atoms with Gasteiger partial charge in [0.15, 0.2) is 0 Å². The molecule has 0 nitrogen and oxygen atoms in total. The standard InChI is InChI=1S/C11H11P/c1-8-3-4-9(2)11-7-12-6-5-10(8)11/h3-7H,1-2H3. The van der Waals surface area contributed by atoms with Crippen LogP contribution >= 0.6 is 8.19 Å². The van der Waals surface area contributed by atoms with Crippen LogP contribution in [0.5, 0.6) is 0 Å². The molecule has 0 amide bonds. The summed E-state index contributed by atoms with van der Waals surface area (Å²) >= 11 is 0. The predicted molar refractivity (Wildman–Crippen MR) is 55.9 cm³/mol. The summed E-state index contributed by atoms with van der Waals surface area (Å²) in [7, 11) is 1.31. The molecule has 12 heavy (non-hydrogen) atoms. The van der Waals surface area contributed by atoms with Crippen molar-refractivity contribution >= 4 is 19.0 Å². The summed E-state index contributed by atoms with van der Waals surface area (Å²) in [6.45, 7) is 4.34. The first-order valence-electron chi connectivity index (χ1n) is 4.09. The largest absolute Gasteiger partial charge is 0.0758 e. The van der Waals surface area contributed by atoms with Crippen LogP contribution in [0.15, 0.2) is 29.8 Å². The third-order valence-corrected chi connectivity index (χ3v) is 2.98. The molecule has 1 aromatic carbocycles. The smallest absolute Gasteiger partial charge is 0.0106 e. The molecule has 1 heterocycles. The Labute approximate surface area is 74.3 Å². The molecule has 0 N–H and O–H groups in total. The predicted octanol–water partition coefficient (Wildman–Crippen LogP) is 4.04. The van der Waals surface area contributed by atoms with Crippen molar-refractivity contribution in [2.45, 2.75) is 13.8 Å². The van der Waals surface area contributed by atoms with Gasteiger partial charge in [0, 0.05) is 0 Å². The first-order chi connectivity index (χ1) is 5.79. The fraction of sp³-hybridized carbons (Fsp3) is 0.182. The Morgan fingerprint density at radius 3 is 2.25 bits per heavy atom. The van der Waals surface area contributed by atoms with E-state index in [0.29, 0.717) is 0 Å². The van der Waals surface area contributed by atoms with Gasteiger partial charge < -0.3 is 0 Å². The van der Waals surface area contributed by atoms with Crippen molar-refractivity contribution in [3.8, 4) is 0 Å². The topological polar surface area (TPSA) is 0 Å². The van der Waals surface area contributed by atoms with E-state index in [1.165, 1.54) is 30.1 Å². The third kappa shape index (κ3) is 1.13. The molecule has 1 aromatic heterocycles. The van der Waals surface area contributed by atoms with Crippen LogP contribution in [0.3, 0.4) is 0 Å². The van der Waals surface area contributed by atoms with Crippen LogP contribution in [0.2, 0.25) is 0 Å². The Kier molecular flexibility index (Phi) is 1.86. The van der Waals surface area contributed by atoms with Gasteiger partial charge >= 0.3 is 0 Å². The molecule has 1 heteroatoms. The van der Waals surface area contributed by atoms with Gasteiger partial charge in [0.05, 0.1) is 0 Å². The van der Waals surface area contributed by atoms with E-state index in [2.05, 4.69) is 43.6 Å². The van der Waals surface area contributed by atoms with E-state index in [9.17, 15) is 0 Å². The van der Waals surface area contributed by atoms with Crippen LogP contribution in [0.25, 0.3) is 10.8 Å². The normalized spacial score (nSPS) is 11.2. The molecule has 0 atom stereocenters. The van der Waals surface area contributed by atoms with E-state index < -0.39 is 0 Å². The van der Waals surface area contributed by atoms with Crippen LogP contribution in [0, 0.1) is 13.8 Å². The van der Waals surface area contributed by atoms with E-state index >= 15 is 0 Å². The van der Waals surface area contributed by atoms with Crippen molar-refractivity contribution in [2.75, 3.05) is 0 Å². The Morgan fingerprint density at radius 2 is 1.58 bits per heavy atom. The average Bonchev–Trinajstić information content (AvgIpc) is 2.12. The Morgan fingerprint density at radius 1 is 0.917 bits per heavy atom. The molecule has 0 saturated carbocycles. The molecule has 0 fully saturated rings. The van der Waals surface area contributed by atoms with E-state index in [0.717, 1.165) is 0 Å². The maximum atomic E-state index is 2.28. The monoisotopic (exact) mass is 174 g/mol. The summed E-state index contributed by atoms with van der Waals surface area (Å²) in [6, 6.07) is 6.60. The number of hydrogen-bond acceptors (Lipinski definition) is 0. The Bertz CT molecular complexity index is 378. The highest BCUT2D eigenvalue weighted by Gasteiger charge is 1.97. The van der Waals surface area contributed by atoms with Gasteiger partial charge in [-0.05, 0) is 53.4 Å². The molecule has 0 spiro atoms. The van der Waals surface area contributed by atoms with E-state index in [1.807, 2.05) is 0 Å². The second kappa shape index (κ2) is 2.88. The SMILES string of the molecule is Cc1ccc(C)c2cpccc12. The van der Waals surface area contributed by atoms with Crippen LogP contribution < -0.4 is 0 Å². The fourth-order valence-corrected chi connectivity index (χ4v) is 2.30. The zero-order chi connectivity index (χ0) is 8.55. The fourth-order valence-electron chi connectivity index (χ4n) is 1.48. The maximum Gasteiger partial charge on any atom is -0.0106 e. The second-order valence-electron chi connectivity index (χ2n) is 3.12. The quantitative estimate of drug-likeness (QED) is 0.565. The highest BCUT2D eigenvalue weighted by Crippen LogP contribution is 2.24. The summed E-state index contributed by atoms with van der Waals surface area (Å²) in [5.74, 6) is 4.46. The molecule has 0 saturated heterocycles. The van der Waals surface area contributed by atoms with E-state index in [4.69, 9.17) is 0 Å². The Hall–Kier alpha value is -0.870.